The van der Waals surface area contributed by atoms with Crippen LogP contribution < -0.4 is 0 Å². The molecule has 1 aromatic carbocycles. The van der Waals surface area contributed by atoms with Crippen molar-refractivity contribution in [2.24, 2.45) is 5.92 Å². The predicted molar refractivity (Wildman–Crippen MR) is 82.7 cm³/mol. The maximum absolute atomic E-state index is 12.7. The molecule has 5 nitrogen and oxygen atoms in total. The summed E-state index contributed by atoms with van der Waals surface area (Å²) in [5, 5.41) is 19.5. The highest BCUT2D eigenvalue weighted by Crippen LogP contribution is 2.39. The molecule has 0 saturated heterocycles. The third-order valence-corrected chi connectivity index (χ3v) is 4.80. The third kappa shape index (κ3) is 2.16. The molecule has 1 heterocycles. The van der Waals surface area contributed by atoms with Crippen molar-refractivity contribution in [1.29, 1.82) is 0 Å². The van der Waals surface area contributed by atoms with Gasteiger partial charge in [-0.3, -0.25) is 14.2 Å². The van der Waals surface area contributed by atoms with Crippen LogP contribution in [0.15, 0.2) is 12.1 Å². The Hall–Kier alpha value is -2.01. The van der Waals surface area contributed by atoms with Crippen LogP contribution in [0.2, 0.25) is 5.02 Å². The number of aromatic hydroxyl groups is 1. The Morgan fingerprint density at radius 1 is 1.36 bits per heavy atom. The first kappa shape index (κ1) is 14.9. The van der Waals surface area contributed by atoms with Crippen molar-refractivity contribution in [3.8, 4) is 5.75 Å². The monoisotopic (exact) mass is 321 g/mol. The Morgan fingerprint density at radius 3 is 2.59 bits per heavy atom. The Bertz CT molecular complexity index is 789. The number of hydrogen-bond acceptors (Lipinski definition) is 3. The summed E-state index contributed by atoms with van der Waals surface area (Å²) in [5.74, 6) is -1.15. The first-order chi connectivity index (χ1) is 10.4. The van der Waals surface area contributed by atoms with Gasteiger partial charge in [0.1, 0.15) is 5.75 Å². The lowest BCUT2D eigenvalue weighted by Crippen LogP contribution is -2.28. The van der Waals surface area contributed by atoms with E-state index < -0.39 is 5.97 Å². The zero-order valence-electron chi connectivity index (χ0n) is 12.1. The van der Waals surface area contributed by atoms with Gasteiger partial charge in [0.25, 0.3) is 0 Å². The first-order valence-corrected chi connectivity index (χ1v) is 7.57. The van der Waals surface area contributed by atoms with Crippen molar-refractivity contribution in [3.63, 3.8) is 0 Å². The van der Waals surface area contributed by atoms with Gasteiger partial charge in [0.15, 0.2) is 0 Å². The fourth-order valence-corrected chi connectivity index (χ4v) is 3.29. The molecule has 2 aromatic rings. The van der Waals surface area contributed by atoms with Crippen LogP contribution in [0.25, 0.3) is 10.9 Å². The average Bonchev–Trinajstić information content (AvgIpc) is 2.65. The molecule has 3 rings (SSSR count). The number of phenolic OH excluding ortho intramolecular Hbond substituents is 1. The molecule has 1 saturated carbocycles. The van der Waals surface area contributed by atoms with Crippen molar-refractivity contribution in [3.05, 3.63) is 28.4 Å². The first-order valence-electron chi connectivity index (χ1n) is 7.19. The summed E-state index contributed by atoms with van der Waals surface area (Å²) in [6.45, 7) is 1.72. The number of halogens is 1. The minimum Gasteiger partial charge on any atom is -0.506 e. The second-order valence-corrected chi connectivity index (χ2v) is 6.11. The number of rotatable bonds is 3. The summed E-state index contributed by atoms with van der Waals surface area (Å²) in [7, 11) is 0. The maximum atomic E-state index is 12.7. The Balaban J connectivity index is 2.28. The molecule has 1 aliphatic rings. The van der Waals surface area contributed by atoms with Crippen LogP contribution in [-0.4, -0.2) is 26.7 Å². The molecule has 6 heteroatoms. The SMILES string of the molecule is Cc1c(CC(=O)O)c2c(Cl)c(O)ccc2n1C(=O)C1CCC1. The van der Waals surface area contributed by atoms with E-state index >= 15 is 0 Å². The molecule has 116 valence electrons. The largest absolute Gasteiger partial charge is 0.506 e. The van der Waals surface area contributed by atoms with Crippen LogP contribution >= 0.6 is 11.6 Å². The zero-order valence-corrected chi connectivity index (χ0v) is 12.9. The van der Waals surface area contributed by atoms with Crippen molar-refractivity contribution < 1.29 is 19.8 Å². The van der Waals surface area contributed by atoms with E-state index in [0.29, 0.717) is 22.2 Å². The molecule has 22 heavy (non-hydrogen) atoms. The number of aromatic nitrogens is 1. The van der Waals surface area contributed by atoms with Crippen molar-refractivity contribution in [2.75, 3.05) is 0 Å². The van der Waals surface area contributed by atoms with Crippen LogP contribution in [0.4, 0.5) is 0 Å². The summed E-state index contributed by atoms with van der Waals surface area (Å²) in [4.78, 5) is 23.8. The molecule has 0 spiro atoms. The van der Waals surface area contributed by atoms with Crippen LogP contribution in [-0.2, 0) is 11.2 Å². The highest BCUT2D eigenvalue weighted by Gasteiger charge is 2.30. The summed E-state index contributed by atoms with van der Waals surface area (Å²) in [5.41, 5.74) is 1.63. The van der Waals surface area contributed by atoms with Gasteiger partial charge in [-0.1, -0.05) is 18.0 Å². The van der Waals surface area contributed by atoms with E-state index in [2.05, 4.69) is 0 Å². The number of phenols is 1. The van der Waals surface area contributed by atoms with Gasteiger partial charge in [0.05, 0.1) is 17.0 Å². The molecule has 0 unspecified atom stereocenters. The van der Waals surface area contributed by atoms with Crippen molar-refractivity contribution >= 4 is 34.4 Å². The van der Waals surface area contributed by atoms with E-state index in [1.165, 1.54) is 6.07 Å². The Labute approximate surface area is 132 Å². The van der Waals surface area contributed by atoms with E-state index in [4.69, 9.17) is 16.7 Å². The number of benzene rings is 1. The highest BCUT2D eigenvalue weighted by molar-refractivity contribution is 6.37. The van der Waals surface area contributed by atoms with Gasteiger partial charge in [-0.2, -0.15) is 0 Å². The highest BCUT2D eigenvalue weighted by atomic mass is 35.5. The van der Waals surface area contributed by atoms with E-state index in [9.17, 15) is 14.7 Å². The van der Waals surface area contributed by atoms with E-state index in [1.54, 1.807) is 17.6 Å². The van der Waals surface area contributed by atoms with Crippen LogP contribution in [0.1, 0.15) is 35.3 Å². The number of carboxylic acid groups (broad SMARTS) is 1. The summed E-state index contributed by atoms with van der Waals surface area (Å²) in [6, 6.07) is 3.05. The summed E-state index contributed by atoms with van der Waals surface area (Å²) < 4.78 is 1.56. The van der Waals surface area contributed by atoms with Crippen LogP contribution in [0.3, 0.4) is 0 Å². The van der Waals surface area contributed by atoms with Crippen LogP contribution in [0.5, 0.6) is 5.75 Å². The minimum atomic E-state index is -1.00. The molecule has 2 N–H and O–H groups in total. The summed E-state index contributed by atoms with van der Waals surface area (Å²) in [6.07, 6.45) is 2.52. The lowest BCUT2D eigenvalue weighted by Gasteiger charge is -2.25. The standard InChI is InChI=1S/C16H16ClNO4/c1-8-10(7-13(20)21)14-11(5-6-12(19)15(14)17)18(8)16(22)9-3-2-4-9/h5-6,9,19H,2-4,7H2,1H3,(H,20,21). The van der Waals surface area contributed by atoms with E-state index in [1.807, 2.05) is 0 Å². The molecule has 0 amide bonds. The van der Waals surface area contributed by atoms with Gasteiger partial charge in [0, 0.05) is 17.0 Å². The fourth-order valence-electron chi connectivity index (χ4n) is 3.01. The van der Waals surface area contributed by atoms with Gasteiger partial charge >= 0.3 is 5.97 Å². The lowest BCUT2D eigenvalue weighted by atomic mass is 9.84. The summed E-state index contributed by atoms with van der Waals surface area (Å²) >= 11 is 6.16. The minimum absolute atomic E-state index is 0.0143. The van der Waals surface area contributed by atoms with E-state index in [-0.39, 0.29) is 29.0 Å². The fraction of sp³-hybridized carbons (Fsp3) is 0.375. The third-order valence-electron chi connectivity index (χ3n) is 4.42. The maximum Gasteiger partial charge on any atom is 0.307 e. The number of aliphatic carboxylic acids is 1. The lowest BCUT2D eigenvalue weighted by molar-refractivity contribution is -0.136. The predicted octanol–water partition coefficient (Wildman–Crippen LogP) is 3.38. The molecule has 0 atom stereocenters. The van der Waals surface area contributed by atoms with E-state index in [0.717, 1.165) is 19.3 Å². The van der Waals surface area contributed by atoms with Crippen molar-refractivity contribution in [1.82, 2.24) is 4.57 Å². The number of carboxylic acids is 1. The smallest absolute Gasteiger partial charge is 0.307 e. The average molecular weight is 322 g/mol. The van der Waals surface area contributed by atoms with Gasteiger partial charge in [-0.15, -0.1) is 0 Å². The molecule has 0 radical (unpaired) electrons. The Morgan fingerprint density at radius 2 is 2.05 bits per heavy atom. The van der Waals surface area contributed by atoms with Gasteiger partial charge in [0.2, 0.25) is 5.91 Å². The quantitative estimate of drug-likeness (QED) is 0.908. The second-order valence-electron chi connectivity index (χ2n) is 5.73. The van der Waals surface area contributed by atoms with Gasteiger partial charge in [-0.05, 0) is 37.5 Å². The second kappa shape index (κ2) is 5.32. The number of carbonyl (C=O) groups is 2. The normalized spacial score (nSPS) is 15.0. The number of hydrogen-bond donors (Lipinski definition) is 2. The number of nitrogens with zero attached hydrogens (tertiary/aromatic N) is 1. The molecule has 1 fully saturated rings. The zero-order chi connectivity index (χ0) is 16.0. The number of carbonyl (C=O) groups excluding carboxylic acids is 1. The molecular formula is C16H16ClNO4. The molecular weight excluding hydrogens is 306 g/mol. The van der Waals surface area contributed by atoms with Gasteiger partial charge < -0.3 is 10.2 Å². The number of fused-ring (bicyclic) bond motifs is 1. The van der Waals surface area contributed by atoms with Gasteiger partial charge in [-0.25, -0.2) is 0 Å². The Kier molecular flexibility index (Phi) is 3.60. The molecule has 1 aliphatic carbocycles. The van der Waals surface area contributed by atoms with Crippen LogP contribution in [0, 0.1) is 12.8 Å². The molecule has 0 bridgehead atoms. The van der Waals surface area contributed by atoms with Crippen molar-refractivity contribution in [2.45, 2.75) is 32.6 Å². The topological polar surface area (TPSA) is 79.5 Å². The molecule has 1 aromatic heterocycles. The molecule has 0 aliphatic heterocycles.